The number of carbonyl (C=O) groups excluding carboxylic acids is 6. The third-order valence-corrected chi connectivity index (χ3v) is 12.6. The van der Waals surface area contributed by atoms with Gasteiger partial charge in [-0.3, -0.25) is 33.2 Å². The van der Waals surface area contributed by atoms with Gasteiger partial charge in [-0.25, -0.2) is 9.59 Å². The van der Waals surface area contributed by atoms with Gasteiger partial charge in [0.1, 0.15) is 28.9 Å². The van der Waals surface area contributed by atoms with Gasteiger partial charge >= 0.3 is 17.8 Å². The number of nitrogens with zero attached hydrogens (tertiary/aromatic N) is 4. The second-order valence-electron chi connectivity index (χ2n) is 15.2. The average molecular weight is 954 g/mol. The lowest BCUT2D eigenvalue weighted by atomic mass is 10.1. The zero-order chi connectivity index (χ0) is 47.1. The Morgan fingerprint density at radius 3 is 1.75 bits per heavy atom. The molecule has 3 aliphatic rings. The lowest BCUT2D eigenvalue weighted by Crippen LogP contribution is -2.43. The summed E-state index contributed by atoms with van der Waals surface area (Å²) in [4.78, 5) is 86.1. The summed E-state index contributed by atoms with van der Waals surface area (Å²) in [5.74, 6) is -4.47. The largest absolute Gasteiger partial charge is 0.456 e. The summed E-state index contributed by atoms with van der Waals surface area (Å²) in [6.45, 7) is -1.14. The predicted molar refractivity (Wildman–Crippen MR) is 226 cm³/mol. The summed E-state index contributed by atoms with van der Waals surface area (Å²) in [6, 6.07) is 13.7. The van der Waals surface area contributed by atoms with Crippen LogP contribution in [0, 0.1) is 0 Å². The first-order valence-corrected chi connectivity index (χ1v) is 22.7. The van der Waals surface area contributed by atoms with E-state index in [0.717, 1.165) is 0 Å². The highest BCUT2D eigenvalue weighted by Gasteiger charge is 2.37. The van der Waals surface area contributed by atoms with E-state index in [1.165, 1.54) is 101 Å². The Morgan fingerprint density at radius 2 is 1.16 bits per heavy atom. The van der Waals surface area contributed by atoms with Crippen LogP contribution in [0.5, 0.6) is 5.75 Å². The van der Waals surface area contributed by atoms with Gasteiger partial charge in [0, 0.05) is 53.3 Å². The monoisotopic (exact) mass is 953 g/mol. The number of fused-ring (bicyclic) bond motifs is 8. The number of ether oxygens (including phenoxy) is 1. The molecule has 24 heteroatoms. The number of hydrogen-bond donors (Lipinski definition) is 2. The van der Waals surface area contributed by atoms with Crippen LogP contribution in [0.4, 0.5) is 5.69 Å². The van der Waals surface area contributed by atoms with E-state index in [1.807, 2.05) is 0 Å². The fourth-order valence-electron chi connectivity index (χ4n) is 7.77. The molecule has 4 amide bonds. The number of hydroxylamine groups is 4. The number of furan rings is 2. The number of imide groups is 2. The van der Waals surface area contributed by atoms with Gasteiger partial charge in [0.15, 0.2) is 5.75 Å². The van der Waals surface area contributed by atoms with Crippen molar-refractivity contribution >= 4 is 123 Å². The molecule has 3 aromatic heterocycles. The summed E-state index contributed by atoms with van der Waals surface area (Å²) in [5, 5.41) is 2.27. The normalized spacial score (nSPS) is 16.5. The number of allylic oxidation sites excluding steroid dienone is 4. The molecule has 2 saturated heterocycles. The Hall–Kier alpha value is -8.19. The van der Waals surface area contributed by atoms with Crippen molar-refractivity contribution in [2.75, 3.05) is 11.4 Å². The number of amides is 4. The highest BCUT2D eigenvalue weighted by molar-refractivity contribution is 7.86. The second-order valence-corrected chi connectivity index (χ2v) is 18.0. The Kier molecular flexibility index (Phi) is 10.1. The highest BCUT2D eigenvalue weighted by Crippen LogP contribution is 2.44. The van der Waals surface area contributed by atoms with Gasteiger partial charge in [0.25, 0.3) is 55.9 Å². The van der Waals surface area contributed by atoms with Crippen molar-refractivity contribution in [2.24, 2.45) is 0 Å². The molecular weight excluding hydrogens is 925 g/mol. The number of carbonyl (C=O) groups is 6. The maximum Gasteiger partial charge on any atom is 0.398 e. The standard InChI is InChI=1S/C43H28N4O18S2/c48-36-10-11-37(49)46(36)64-42(52)20-44-28-18-32-26(24-14-22(66(54,55)56)6-8-30(24)60-32)16-34(28)62-40(44)4-2-1-3-5-41-45(21-43(53)65-47-38(50)12-13-39(47)51)29-19-33-27(17-35(29)63-41)25-15-23(67(57,58)59)7-9-31(25)61-33/h1-9,14-19H,10-13,20-21H2,(H-,54,55,56,57,58,59)/p+1. The van der Waals surface area contributed by atoms with Crippen molar-refractivity contribution in [1.82, 2.24) is 10.1 Å². The molecule has 340 valence electrons. The van der Waals surface area contributed by atoms with Crippen LogP contribution in [-0.4, -0.2) is 78.2 Å². The van der Waals surface area contributed by atoms with E-state index in [0.29, 0.717) is 31.7 Å². The molecule has 0 unspecified atom stereocenters. The molecule has 22 nitrogen and oxygen atoms in total. The maximum absolute atomic E-state index is 13.2. The first-order chi connectivity index (χ1) is 31.9. The van der Waals surface area contributed by atoms with Crippen LogP contribution in [0.1, 0.15) is 31.6 Å². The van der Waals surface area contributed by atoms with E-state index in [2.05, 4.69) is 0 Å². The first kappa shape index (κ1) is 42.7. The molecule has 2 fully saturated rings. The molecule has 3 aliphatic heterocycles. The van der Waals surface area contributed by atoms with Gasteiger partial charge in [-0.15, -0.1) is 14.7 Å². The molecule has 2 N–H and O–H groups in total. The van der Waals surface area contributed by atoms with Gasteiger partial charge in [-0.2, -0.15) is 16.8 Å². The quantitative estimate of drug-likeness (QED) is 0.0778. The number of oxazole rings is 1. The molecule has 0 radical (unpaired) electrons. The Labute approximate surface area is 374 Å². The fraction of sp³-hybridized carbons (Fsp3) is 0.140. The summed E-state index contributed by atoms with van der Waals surface area (Å²) in [7, 11) is -9.12. The van der Waals surface area contributed by atoms with Crippen LogP contribution in [0.2, 0.25) is 0 Å². The van der Waals surface area contributed by atoms with Crippen molar-refractivity contribution in [3.8, 4) is 5.75 Å². The predicted octanol–water partition coefficient (Wildman–Crippen LogP) is 4.54. The van der Waals surface area contributed by atoms with E-state index < -0.39 is 68.9 Å². The van der Waals surface area contributed by atoms with Gasteiger partial charge < -0.3 is 27.7 Å². The third-order valence-electron chi connectivity index (χ3n) is 10.9. The van der Waals surface area contributed by atoms with E-state index in [1.54, 1.807) is 0 Å². The van der Waals surface area contributed by atoms with Crippen molar-refractivity contribution in [3.63, 3.8) is 0 Å². The molecule has 67 heavy (non-hydrogen) atoms. The lowest BCUT2D eigenvalue weighted by Gasteiger charge is -2.19. The fourth-order valence-corrected chi connectivity index (χ4v) is 8.78. The van der Waals surface area contributed by atoms with Crippen molar-refractivity contribution in [2.45, 2.75) is 42.0 Å². The molecule has 0 saturated carbocycles. The number of rotatable bonds is 11. The Morgan fingerprint density at radius 1 is 0.627 bits per heavy atom. The molecule has 4 aromatic carbocycles. The summed E-state index contributed by atoms with van der Waals surface area (Å²) in [6.07, 6.45) is 6.91. The number of benzene rings is 4. The molecule has 0 aliphatic carbocycles. The summed E-state index contributed by atoms with van der Waals surface area (Å²) < 4.78 is 92.5. The van der Waals surface area contributed by atoms with E-state index in [4.69, 9.17) is 27.7 Å². The highest BCUT2D eigenvalue weighted by atomic mass is 32.2. The minimum absolute atomic E-state index is 0.0470. The van der Waals surface area contributed by atoms with Crippen LogP contribution in [0.15, 0.2) is 114 Å². The van der Waals surface area contributed by atoms with Gasteiger partial charge in [0.2, 0.25) is 11.5 Å². The maximum atomic E-state index is 13.2. The minimum atomic E-state index is -4.56. The van der Waals surface area contributed by atoms with E-state index in [9.17, 15) is 54.7 Å². The smallest absolute Gasteiger partial charge is 0.398 e. The molecule has 6 heterocycles. The molecule has 0 bridgehead atoms. The van der Waals surface area contributed by atoms with E-state index in [-0.39, 0.29) is 92.1 Å². The number of hydrogen-bond acceptors (Lipinski definition) is 17. The lowest BCUT2D eigenvalue weighted by molar-refractivity contribution is -0.667. The van der Waals surface area contributed by atoms with Crippen LogP contribution in [0.3, 0.4) is 0 Å². The first-order valence-electron chi connectivity index (χ1n) is 19.8. The SMILES string of the molecule is O=C(CN1/C(=C/C=C/C=C/c2oc3cc4c(cc3[n+]2CC(=O)ON2C(=O)CCC2=O)oc2ccc(S(=O)(=O)O)cc24)Oc2cc3c(cc21)oc1ccc(S(=O)(=O)O)cc13)ON1C(=O)CCC1=O. The average Bonchev–Trinajstić information content (AvgIpc) is 4.12. The zero-order valence-electron chi connectivity index (χ0n) is 33.9. The topological polar surface area (TPSA) is 292 Å². The summed E-state index contributed by atoms with van der Waals surface area (Å²) in [5.41, 5.74) is 1.82. The van der Waals surface area contributed by atoms with Crippen LogP contribution in [-0.2, 0) is 65.2 Å². The third kappa shape index (κ3) is 7.81. The molecule has 10 rings (SSSR count). The van der Waals surface area contributed by atoms with Crippen LogP contribution in [0.25, 0.3) is 61.1 Å². The molecule has 0 atom stereocenters. The van der Waals surface area contributed by atoms with Crippen LogP contribution < -0.4 is 14.2 Å². The van der Waals surface area contributed by atoms with Gasteiger partial charge in [0.05, 0.1) is 27.6 Å². The van der Waals surface area contributed by atoms with Gasteiger partial charge in [-0.1, -0.05) is 18.2 Å². The van der Waals surface area contributed by atoms with Crippen molar-refractivity contribution < 1.29 is 86.9 Å². The molecule has 0 spiro atoms. The minimum Gasteiger partial charge on any atom is -0.456 e. The second kappa shape index (κ2) is 15.8. The van der Waals surface area contributed by atoms with E-state index >= 15 is 0 Å². The zero-order valence-corrected chi connectivity index (χ0v) is 35.6. The summed E-state index contributed by atoms with van der Waals surface area (Å²) >= 11 is 0. The van der Waals surface area contributed by atoms with Crippen molar-refractivity contribution in [3.05, 3.63) is 96.7 Å². The Bertz CT molecular complexity index is 3700. The Balaban J connectivity index is 0.986. The van der Waals surface area contributed by atoms with Gasteiger partial charge in [-0.05, 0) is 54.6 Å². The van der Waals surface area contributed by atoms with Crippen molar-refractivity contribution in [1.29, 1.82) is 0 Å². The van der Waals surface area contributed by atoms with Crippen LogP contribution >= 0.6 is 0 Å². The number of aromatic nitrogens is 1. The number of anilines is 1. The molecular formula is C43H29N4O18S2+. The molecule has 7 aromatic rings.